The van der Waals surface area contributed by atoms with Crippen molar-refractivity contribution < 1.29 is 13.2 Å². The molecule has 1 saturated heterocycles. The summed E-state index contributed by atoms with van der Waals surface area (Å²) in [4.78, 5) is 15.2. The van der Waals surface area contributed by atoms with Crippen LogP contribution in [0.15, 0.2) is 23.1 Å². The van der Waals surface area contributed by atoms with Gasteiger partial charge in [0.15, 0.2) is 0 Å². The lowest BCUT2D eigenvalue weighted by Gasteiger charge is -2.34. The predicted octanol–water partition coefficient (Wildman–Crippen LogP) is 4.21. The molecule has 6 heteroatoms. The quantitative estimate of drug-likeness (QED) is 0.753. The molecule has 156 valence electrons. The summed E-state index contributed by atoms with van der Waals surface area (Å²) in [6.07, 6.45) is 7.17. The number of rotatable bonds is 4. The first-order valence-corrected chi connectivity index (χ1v) is 12.1. The number of hydrogen-bond acceptors (Lipinski definition) is 3. The van der Waals surface area contributed by atoms with Gasteiger partial charge in [-0.3, -0.25) is 4.79 Å². The van der Waals surface area contributed by atoms with E-state index in [9.17, 15) is 13.2 Å². The summed E-state index contributed by atoms with van der Waals surface area (Å²) in [6, 6.07) is 5.25. The Bertz CT molecular complexity index is 813. The Morgan fingerprint density at radius 3 is 2.39 bits per heavy atom. The van der Waals surface area contributed by atoms with Crippen molar-refractivity contribution in [2.24, 2.45) is 5.92 Å². The molecule has 1 aliphatic carbocycles. The van der Waals surface area contributed by atoms with E-state index in [-0.39, 0.29) is 22.9 Å². The Labute approximate surface area is 170 Å². The number of sulfonamides is 1. The average molecular weight is 407 g/mol. The van der Waals surface area contributed by atoms with Gasteiger partial charge in [0.25, 0.3) is 5.91 Å². The lowest BCUT2D eigenvalue weighted by atomic mass is 9.86. The third kappa shape index (κ3) is 4.28. The fourth-order valence-electron chi connectivity index (χ4n) is 4.54. The van der Waals surface area contributed by atoms with Crippen LogP contribution >= 0.6 is 0 Å². The summed E-state index contributed by atoms with van der Waals surface area (Å²) in [5.74, 6) is 0.655. The van der Waals surface area contributed by atoms with Crippen molar-refractivity contribution in [1.29, 1.82) is 0 Å². The molecule has 0 spiro atoms. The second kappa shape index (κ2) is 8.54. The maximum Gasteiger partial charge on any atom is 0.254 e. The van der Waals surface area contributed by atoms with Gasteiger partial charge in [-0.15, -0.1) is 0 Å². The van der Waals surface area contributed by atoms with Crippen molar-refractivity contribution in [2.75, 3.05) is 13.6 Å². The lowest BCUT2D eigenvalue weighted by molar-refractivity contribution is 0.0678. The topological polar surface area (TPSA) is 57.7 Å². The molecule has 1 aliphatic heterocycles. The Morgan fingerprint density at radius 1 is 1.07 bits per heavy atom. The fourth-order valence-corrected chi connectivity index (χ4v) is 6.27. The van der Waals surface area contributed by atoms with Crippen molar-refractivity contribution in [3.8, 4) is 0 Å². The largest absolute Gasteiger partial charge is 0.339 e. The third-order valence-corrected chi connectivity index (χ3v) is 8.65. The highest BCUT2D eigenvalue weighted by Crippen LogP contribution is 2.29. The second-order valence-electron chi connectivity index (χ2n) is 8.77. The average Bonchev–Trinajstić information content (AvgIpc) is 2.68. The highest BCUT2D eigenvalue weighted by molar-refractivity contribution is 7.89. The number of amides is 1. The molecule has 1 unspecified atom stereocenters. The van der Waals surface area contributed by atoms with Gasteiger partial charge in [-0.1, -0.05) is 19.4 Å². The minimum atomic E-state index is -3.58. The van der Waals surface area contributed by atoms with Gasteiger partial charge >= 0.3 is 0 Å². The highest BCUT2D eigenvalue weighted by atomic mass is 32.2. The van der Waals surface area contributed by atoms with Gasteiger partial charge in [0.2, 0.25) is 10.0 Å². The van der Waals surface area contributed by atoms with E-state index in [1.807, 2.05) is 25.8 Å². The molecule has 0 radical (unpaired) electrons. The van der Waals surface area contributed by atoms with Crippen molar-refractivity contribution in [1.82, 2.24) is 9.21 Å². The molecule has 1 aromatic rings. The first-order valence-electron chi connectivity index (χ1n) is 10.6. The van der Waals surface area contributed by atoms with Crippen LogP contribution in [0.4, 0.5) is 0 Å². The highest BCUT2D eigenvalue weighted by Gasteiger charge is 2.32. The van der Waals surface area contributed by atoms with Gasteiger partial charge in [0, 0.05) is 31.2 Å². The van der Waals surface area contributed by atoms with Crippen molar-refractivity contribution in [3.05, 3.63) is 29.3 Å². The Balaban J connectivity index is 1.85. The third-order valence-electron chi connectivity index (χ3n) is 6.64. The number of hydrogen-bond donors (Lipinski definition) is 0. The molecule has 3 rings (SSSR count). The standard InChI is InChI=1S/C22H34N2O3S/c1-16-8-11-19(12-9-16)23(4)22(25)21-15-20(13-10-17(21)2)28(26,27)24-14-6-5-7-18(24)3/h10,13,15-16,18-19H,5-9,11-12,14H2,1-4H3. The van der Waals surface area contributed by atoms with E-state index >= 15 is 0 Å². The van der Waals surface area contributed by atoms with Gasteiger partial charge in [0.1, 0.15) is 0 Å². The smallest absolute Gasteiger partial charge is 0.254 e. The van der Waals surface area contributed by atoms with Gasteiger partial charge in [-0.25, -0.2) is 8.42 Å². The Kier molecular flexibility index (Phi) is 6.50. The van der Waals surface area contributed by atoms with Crippen LogP contribution in [0.2, 0.25) is 0 Å². The van der Waals surface area contributed by atoms with Gasteiger partial charge in [0.05, 0.1) is 4.90 Å². The van der Waals surface area contributed by atoms with Crippen molar-refractivity contribution in [2.45, 2.75) is 82.7 Å². The van der Waals surface area contributed by atoms with E-state index in [4.69, 9.17) is 0 Å². The number of piperidine rings is 1. The number of aryl methyl sites for hydroxylation is 1. The molecule has 0 aromatic heterocycles. The predicted molar refractivity (Wildman–Crippen MR) is 112 cm³/mol. The maximum atomic E-state index is 13.2. The Hall–Kier alpha value is -1.40. The minimum Gasteiger partial charge on any atom is -0.339 e. The van der Waals surface area contributed by atoms with Crippen LogP contribution in [0.5, 0.6) is 0 Å². The Morgan fingerprint density at radius 2 is 1.75 bits per heavy atom. The molecular formula is C22H34N2O3S. The fraction of sp³-hybridized carbons (Fsp3) is 0.682. The van der Waals surface area contributed by atoms with Crippen LogP contribution < -0.4 is 0 Å². The summed E-state index contributed by atoms with van der Waals surface area (Å²) in [6.45, 7) is 6.66. The molecule has 28 heavy (non-hydrogen) atoms. The SMILES string of the molecule is Cc1ccc(S(=O)(=O)N2CCCCC2C)cc1C(=O)N(C)C1CCC(C)CC1. The summed E-state index contributed by atoms with van der Waals surface area (Å²) < 4.78 is 28.0. The van der Waals surface area contributed by atoms with E-state index in [1.165, 1.54) is 0 Å². The molecule has 1 amide bonds. The van der Waals surface area contributed by atoms with Gasteiger partial charge < -0.3 is 4.90 Å². The van der Waals surface area contributed by atoms with E-state index in [0.29, 0.717) is 12.1 Å². The zero-order valence-electron chi connectivity index (χ0n) is 17.6. The van der Waals surface area contributed by atoms with Crippen LogP contribution in [0.25, 0.3) is 0 Å². The van der Waals surface area contributed by atoms with Crippen LogP contribution in [-0.2, 0) is 10.0 Å². The normalized spacial score (nSPS) is 26.8. The molecular weight excluding hydrogens is 372 g/mol. The number of benzene rings is 1. The number of nitrogens with zero attached hydrogens (tertiary/aromatic N) is 2. The summed E-state index contributed by atoms with van der Waals surface area (Å²) in [5.41, 5.74) is 1.33. The summed E-state index contributed by atoms with van der Waals surface area (Å²) >= 11 is 0. The second-order valence-corrected chi connectivity index (χ2v) is 10.7. The van der Waals surface area contributed by atoms with Crippen LogP contribution in [0.1, 0.15) is 74.7 Å². The summed E-state index contributed by atoms with van der Waals surface area (Å²) in [5, 5.41) is 0. The molecule has 1 heterocycles. The lowest BCUT2D eigenvalue weighted by Crippen LogP contribution is -2.42. The van der Waals surface area contributed by atoms with Crippen LogP contribution in [0, 0.1) is 12.8 Å². The molecule has 1 atom stereocenters. The molecule has 0 N–H and O–H groups in total. The molecule has 2 fully saturated rings. The minimum absolute atomic E-state index is 0.00565. The monoisotopic (exact) mass is 406 g/mol. The van der Waals surface area contributed by atoms with Gasteiger partial charge in [-0.05, 0) is 76.0 Å². The van der Waals surface area contributed by atoms with Crippen molar-refractivity contribution >= 4 is 15.9 Å². The van der Waals surface area contributed by atoms with Crippen molar-refractivity contribution in [3.63, 3.8) is 0 Å². The maximum absolute atomic E-state index is 13.2. The molecule has 2 aliphatic rings. The molecule has 0 bridgehead atoms. The first-order chi connectivity index (χ1) is 13.2. The molecule has 5 nitrogen and oxygen atoms in total. The van der Waals surface area contributed by atoms with E-state index < -0.39 is 10.0 Å². The van der Waals surface area contributed by atoms with Crippen LogP contribution in [0.3, 0.4) is 0 Å². The number of carbonyl (C=O) groups is 1. The van der Waals surface area contributed by atoms with E-state index in [1.54, 1.807) is 22.5 Å². The van der Waals surface area contributed by atoms with Crippen LogP contribution in [-0.4, -0.2) is 49.2 Å². The zero-order chi connectivity index (χ0) is 20.5. The van der Waals surface area contributed by atoms with E-state index in [2.05, 4.69) is 6.92 Å². The summed E-state index contributed by atoms with van der Waals surface area (Å²) in [7, 11) is -1.72. The zero-order valence-corrected chi connectivity index (χ0v) is 18.5. The van der Waals surface area contributed by atoms with Gasteiger partial charge in [-0.2, -0.15) is 4.31 Å². The van der Waals surface area contributed by atoms with E-state index in [0.717, 1.165) is 56.4 Å². The number of carbonyl (C=O) groups excluding carboxylic acids is 1. The molecule has 1 aromatic carbocycles. The molecule has 1 saturated carbocycles. The first kappa shape index (κ1) is 21.3.